The second-order valence-electron chi connectivity index (χ2n) is 4.78. The van der Waals surface area contributed by atoms with Gasteiger partial charge in [-0.25, -0.2) is 13.4 Å². The van der Waals surface area contributed by atoms with Gasteiger partial charge in [-0.2, -0.15) is 4.31 Å². The first kappa shape index (κ1) is 15.4. The van der Waals surface area contributed by atoms with Crippen LogP contribution < -0.4 is 0 Å². The highest BCUT2D eigenvalue weighted by molar-refractivity contribution is 7.89. The third-order valence-corrected chi connectivity index (χ3v) is 5.59. The highest BCUT2D eigenvalue weighted by Gasteiger charge is 2.33. The first-order chi connectivity index (χ1) is 8.25. The van der Waals surface area contributed by atoms with Gasteiger partial charge in [0, 0.05) is 24.7 Å². The SMILES string of the molecule is CCC(C)(C)N(C)S(=O)(=O)c1ccc(CCl)cn1. The molecule has 0 aliphatic rings. The molecule has 1 aromatic heterocycles. The van der Waals surface area contributed by atoms with E-state index in [0.717, 1.165) is 12.0 Å². The number of rotatable bonds is 5. The summed E-state index contributed by atoms with van der Waals surface area (Å²) in [5, 5.41) is 0.0559. The molecule has 1 heterocycles. The molecule has 0 N–H and O–H groups in total. The number of sulfonamides is 1. The quantitative estimate of drug-likeness (QED) is 0.783. The first-order valence-electron chi connectivity index (χ1n) is 5.75. The fourth-order valence-electron chi connectivity index (χ4n) is 1.33. The van der Waals surface area contributed by atoms with Gasteiger partial charge >= 0.3 is 0 Å². The van der Waals surface area contributed by atoms with E-state index in [-0.39, 0.29) is 5.03 Å². The van der Waals surface area contributed by atoms with Gasteiger partial charge < -0.3 is 0 Å². The van der Waals surface area contributed by atoms with Crippen LogP contribution in [0.4, 0.5) is 0 Å². The van der Waals surface area contributed by atoms with Crippen LogP contribution in [0.15, 0.2) is 23.4 Å². The molecule has 0 unspecified atom stereocenters. The summed E-state index contributed by atoms with van der Waals surface area (Å²) >= 11 is 5.65. The van der Waals surface area contributed by atoms with Crippen LogP contribution in [-0.2, 0) is 15.9 Å². The van der Waals surface area contributed by atoms with E-state index >= 15 is 0 Å². The molecule has 4 nitrogen and oxygen atoms in total. The van der Waals surface area contributed by atoms with Gasteiger partial charge in [-0.05, 0) is 31.9 Å². The minimum atomic E-state index is -3.55. The fraction of sp³-hybridized carbons (Fsp3) is 0.583. The van der Waals surface area contributed by atoms with Gasteiger partial charge in [0.25, 0.3) is 10.0 Å². The van der Waals surface area contributed by atoms with Crippen molar-refractivity contribution in [1.82, 2.24) is 9.29 Å². The molecule has 6 heteroatoms. The van der Waals surface area contributed by atoms with Gasteiger partial charge in [-0.15, -0.1) is 11.6 Å². The maximum atomic E-state index is 12.4. The molecular formula is C12H19ClN2O2S. The molecule has 0 saturated heterocycles. The van der Waals surface area contributed by atoms with Crippen LogP contribution in [0, 0.1) is 0 Å². The number of hydrogen-bond donors (Lipinski definition) is 0. The van der Waals surface area contributed by atoms with E-state index in [1.54, 1.807) is 13.1 Å². The minimum absolute atomic E-state index is 0.0559. The Morgan fingerprint density at radius 1 is 1.39 bits per heavy atom. The maximum absolute atomic E-state index is 12.4. The summed E-state index contributed by atoms with van der Waals surface area (Å²) in [6, 6.07) is 3.18. The van der Waals surface area contributed by atoms with Crippen LogP contribution in [0.25, 0.3) is 0 Å². The topological polar surface area (TPSA) is 50.3 Å². The van der Waals surface area contributed by atoms with Gasteiger partial charge in [-0.1, -0.05) is 13.0 Å². The third-order valence-electron chi connectivity index (χ3n) is 3.29. The van der Waals surface area contributed by atoms with Crippen LogP contribution in [-0.4, -0.2) is 30.3 Å². The monoisotopic (exact) mass is 290 g/mol. The first-order valence-corrected chi connectivity index (χ1v) is 7.73. The third kappa shape index (κ3) is 3.02. The summed E-state index contributed by atoms with van der Waals surface area (Å²) in [5.74, 6) is 0.323. The summed E-state index contributed by atoms with van der Waals surface area (Å²) in [6.45, 7) is 5.73. The Morgan fingerprint density at radius 3 is 2.39 bits per heavy atom. The Balaban J connectivity index is 3.13. The van der Waals surface area contributed by atoms with Crippen molar-refractivity contribution >= 4 is 21.6 Å². The molecule has 0 spiro atoms. The van der Waals surface area contributed by atoms with E-state index in [4.69, 9.17) is 11.6 Å². The lowest BCUT2D eigenvalue weighted by atomic mass is 10.0. The van der Waals surface area contributed by atoms with E-state index in [0.29, 0.717) is 5.88 Å². The van der Waals surface area contributed by atoms with E-state index in [1.165, 1.54) is 16.6 Å². The normalized spacial score (nSPS) is 13.0. The average Bonchev–Trinajstić information content (AvgIpc) is 2.37. The smallest absolute Gasteiger partial charge is 0.243 e. The van der Waals surface area contributed by atoms with Crippen LogP contribution >= 0.6 is 11.6 Å². The lowest BCUT2D eigenvalue weighted by molar-refractivity contribution is 0.256. The van der Waals surface area contributed by atoms with Crippen molar-refractivity contribution in [3.05, 3.63) is 23.9 Å². The lowest BCUT2D eigenvalue weighted by Crippen LogP contribution is -2.44. The number of hydrogen-bond acceptors (Lipinski definition) is 3. The molecule has 0 aliphatic carbocycles. The molecule has 0 fully saturated rings. The number of halogens is 1. The number of nitrogens with zero attached hydrogens (tertiary/aromatic N) is 2. The zero-order chi connectivity index (χ0) is 14.0. The van der Waals surface area contributed by atoms with Crippen LogP contribution in [0.5, 0.6) is 0 Å². The van der Waals surface area contributed by atoms with Gasteiger partial charge in [0.1, 0.15) is 0 Å². The van der Waals surface area contributed by atoms with Gasteiger partial charge in [0.15, 0.2) is 5.03 Å². The standard InChI is InChI=1S/C12H19ClN2O2S/c1-5-12(2,3)15(4)18(16,17)11-7-6-10(8-13)9-14-11/h6-7,9H,5,8H2,1-4H3. The second-order valence-corrected chi connectivity index (χ2v) is 6.96. The van der Waals surface area contributed by atoms with Crippen molar-refractivity contribution in [1.29, 1.82) is 0 Å². The Kier molecular flexibility index (Phi) is 4.75. The summed E-state index contributed by atoms with van der Waals surface area (Å²) in [4.78, 5) is 3.98. The molecule has 1 aromatic rings. The Hall–Kier alpha value is -0.650. The molecule has 18 heavy (non-hydrogen) atoms. The van der Waals surface area contributed by atoms with Crippen LogP contribution in [0.2, 0.25) is 0 Å². The zero-order valence-electron chi connectivity index (χ0n) is 11.1. The number of pyridine rings is 1. The van der Waals surface area contributed by atoms with Gasteiger partial charge in [-0.3, -0.25) is 0 Å². The Bertz CT molecular complexity index is 497. The second kappa shape index (κ2) is 5.55. The lowest BCUT2D eigenvalue weighted by Gasteiger charge is -2.33. The molecule has 1 rings (SSSR count). The molecule has 0 aromatic carbocycles. The maximum Gasteiger partial charge on any atom is 0.260 e. The molecule has 0 radical (unpaired) electrons. The Labute approximate surface area is 114 Å². The minimum Gasteiger partial charge on any atom is -0.243 e. The summed E-state index contributed by atoms with van der Waals surface area (Å²) < 4.78 is 26.1. The largest absolute Gasteiger partial charge is 0.260 e. The van der Waals surface area contributed by atoms with Crippen molar-refractivity contribution in [2.75, 3.05) is 7.05 Å². The van der Waals surface area contributed by atoms with Crippen LogP contribution in [0.1, 0.15) is 32.8 Å². The number of alkyl halides is 1. The van der Waals surface area contributed by atoms with Crippen molar-refractivity contribution in [2.24, 2.45) is 0 Å². The molecule has 0 atom stereocenters. The molecule has 0 bridgehead atoms. The highest BCUT2D eigenvalue weighted by Crippen LogP contribution is 2.24. The molecular weight excluding hydrogens is 272 g/mol. The van der Waals surface area contributed by atoms with Gasteiger partial charge in [0.05, 0.1) is 0 Å². The van der Waals surface area contributed by atoms with Crippen molar-refractivity contribution < 1.29 is 8.42 Å². The van der Waals surface area contributed by atoms with Crippen molar-refractivity contribution in [3.8, 4) is 0 Å². The van der Waals surface area contributed by atoms with Crippen LogP contribution in [0.3, 0.4) is 0 Å². The summed E-state index contributed by atoms with van der Waals surface area (Å²) in [6.07, 6.45) is 2.22. The predicted molar refractivity (Wildman–Crippen MR) is 73.1 cm³/mol. The van der Waals surface area contributed by atoms with E-state index in [1.807, 2.05) is 20.8 Å². The zero-order valence-corrected chi connectivity index (χ0v) is 12.7. The average molecular weight is 291 g/mol. The molecule has 102 valence electrons. The summed E-state index contributed by atoms with van der Waals surface area (Å²) in [5.41, 5.74) is 0.360. The fourth-order valence-corrected chi connectivity index (χ4v) is 2.98. The van der Waals surface area contributed by atoms with E-state index in [9.17, 15) is 8.42 Å². The molecule has 0 amide bonds. The highest BCUT2D eigenvalue weighted by atomic mass is 35.5. The molecule has 0 aliphatic heterocycles. The van der Waals surface area contributed by atoms with Gasteiger partial charge in [0.2, 0.25) is 0 Å². The molecule has 0 saturated carbocycles. The predicted octanol–water partition coefficient (Wildman–Crippen LogP) is 2.63. The van der Waals surface area contributed by atoms with Crippen molar-refractivity contribution in [2.45, 2.75) is 43.6 Å². The summed E-state index contributed by atoms with van der Waals surface area (Å²) in [7, 11) is -1.98. The Morgan fingerprint density at radius 2 is 2.00 bits per heavy atom. The number of aromatic nitrogens is 1. The van der Waals surface area contributed by atoms with E-state index < -0.39 is 15.6 Å². The van der Waals surface area contributed by atoms with E-state index in [2.05, 4.69) is 4.98 Å². The van der Waals surface area contributed by atoms with Crippen molar-refractivity contribution in [3.63, 3.8) is 0 Å².